The molecule has 0 N–H and O–H groups in total. The molecule has 1 amide bonds. The zero-order valence-corrected chi connectivity index (χ0v) is 15.6. The van der Waals surface area contributed by atoms with E-state index in [1.165, 1.54) is 6.33 Å². The highest BCUT2D eigenvalue weighted by atomic mass is 16.2. The lowest BCUT2D eigenvalue weighted by atomic mass is 9.96. The zero-order chi connectivity index (χ0) is 18.8. The maximum Gasteiger partial charge on any atom is 0.244 e. The second kappa shape index (κ2) is 7.29. The predicted molar refractivity (Wildman–Crippen MR) is 95.6 cm³/mol. The van der Waals surface area contributed by atoms with E-state index >= 15 is 0 Å². The molecule has 142 valence electrons. The molecule has 3 aromatic rings. The second-order valence-corrected chi connectivity index (χ2v) is 7.00. The van der Waals surface area contributed by atoms with Gasteiger partial charge in [-0.1, -0.05) is 0 Å². The smallest absolute Gasteiger partial charge is 0.244 e. The molecule has 0 atom stereocenters. The van der Waals surface area contributed by atoms with Gasteiger partial charge in [-0.15, -0.1) is 10.2 Å². The Hall–Kier alpha value is -3.04. The number of aryl methyl sites for hydroxylation is 1. The molecule has 10 nitrogen and oxygen atoms in total. The Bertz CT molecular complexity index is 903. The maximum atomic E-state index is 12.5. The minimum Gasteiger partial charge on any atom is -0.341 e. The molecule has 0 bridgehead atoms. The number of aromatic nitrogens is 8. The molecule has 1 aliphatic rings. The largest absolute Gasteiger partial charge is 0.341 e. The van der Waals surface area contributed by atoms with Crippen molar-refractivity contribution in [3.8, 4) is 0 Å². The number of carbonyl (C=O) groups excluding carboxylic acids is 1. The average Bonchev–Trinajstić information content (AvgIpc) is 3.40. The first-order chi connectivity index (χ1) is 13.1. The minimum absolute atomic E-state index is 0.112. The Morgan fingerprint density at radius 2 is 2.00 bits per heavy atom. The summed E-state index contributed by atoms with van der Waals surface area (Å²) in [5.74, 6) is 2.24. The number of rotatable bonds is 5. The van der Waals surface area contributed by atoms with E-state index < -0.39 is 0 Å². The molecule has 0 unspecified atom stereocenters. The first-order valence-corrected chi connectivity index (χ1v) is 9.07. The van der Waals surface area contributed by atoms with Gasteiger partial charge in [0.1, 0.15) is 31.6 Å². The average molecular weight is 369 g/mol. The molecule has 0 radical (unpaired) electrons. The van der Waals surface area contributed by atoms with Gasteiger partial charge >= 0.3 is 0 Å². The van der Waals surface area contributed by atoms with Gasteiger partial charge in [-0.05, 0) is 25.3 Å². The molecule has 3 aromatic heterocycles. The van der Waals surface area contributed by atoms with Crippen LogP contribution in [0.1, 0.15) is 36.0 Å². The van der Waals surface area contributed by atoms with Gasteiger partial charge in [0.15, 0.2) is 5.82 Å². The molecular formula is C17H23N9O. The van der Waals surface area contributed by atoms with Crippen LogP contribution >= 0.6 is 0 Å². The molecular weight excluding hydrogens is 346 g/mol. The van der Waals surface area contributed by atoms with Crippen molar-refractivity contribution in [3.05, 3.63) is 42.3 Å². The third kappa shape index (κ3) is 3.74. The molecule has 10 heteroatoms. The topological polar surface area (TPSA) is 99.6 Å². The summed E-state index contributed by atoms with van der Waals surface area (Å²) in [5.41, 5.74) is 1.06. The van der Waals surface area contributed by atoms with E-state index in [2.05, 4.69) is 25.4 Å². The molecule has 4 rings (SSSR count). The SMILES string of the molecule is Cc1cnn(CC(=O)N2CCC(c3nnc(Cn4cncn4)n3C)CC2)c1. The normalized spacial score (nSPS) is 15.4. The molecule has 27 heavy (non-hydrogen) atoms. The van der Waals surface area contributed by atoms with E-state index in [-0.39, 0.29) is 5.91 Å². The Morgan fingerprint density at radius 3 is 2.67 bits per heavy atom. The van der Waals surface area contributed by atoms with Crippen LogP contribution in [-0.2, 0) is 24.9 Å². The van der Waals surface area contributed by atoms with Gasteiger partial charge < -0.3 is 9.47 Å². The van der Waals surface area contributed by atoms with Gasteiger partial charge in [0.25, 0.3) is 0 Å². The molecule has 4 heterocycles. The van der Waals surface area contributed by atoms with E-state index in [1.54, 1.807) is 21.9 Å². The van der Waals surface area contributed by atoms with Crippen LogP contribution < -0.4 is 0 Å². The van der Waals surface area contributed by atoms with E-state index in [0.29, 0.717) is 19.0 Å². The van der Waals surface area contributed by atoms with Crippen LogP contribution in [-0.4, -0.2) is 63.2 Å². The monoisotopic (exact) mass is 369 g/mol. The van der Waals surface area contributed by atoms with Crippen molar-refractivity contribution in [1.82, 2.24) is 44.2 Å². The van der Waals surface area contributed by atoms with Gasteiger partial charge in [-0.2, -0.15) is 10.2 Å². The first kappa shape index (κ1) is 17.4. The summed E-state index contributed by atoms with van der Waals surface area (Å²) in [4.78, 5) is 18.4. The van der Waals surface area contributed by atoms with Crippen molar-refractivity contribution in [2.75, 3.05) is 13.1 Å². The van der Waals surface area contributed by atoms with E-state index in [1.807, 2.05) is 29.6 Å². The standard InChI is InChI=1S/C17H23N9O/c1-13-7-19-25(8-13)10-16(27)24-5-3-14(4-6-24)17-22-21-15(23(17)2)9-26-12-18-11-20-26/h7-8,11-12,14H,3-6,9-10H2,1-2H3. The lowest BCUT2D eigenvalue weighted by Gasteiger charge is -2.31. The number of hydrogen-bond donors (Lipinski definition) is 0. The van der Waals surface area contributed by atoms with Gasteiger partial charge in [-0.3, -0.25) is 9.48 Å². The Labute approximate surface area is 156 Å². The maximum absolute atomic E-state index is 12.5. The van der Waals surface area contributed by atoms with E-state index in [4.69, 9.17) is 0 Å². The summed E-state index contributed by atoms with van der Waals surface area (Å²) in [7, 11) is 1.99. The number of piperidine rings is 1. The van der Waals surface area contributed by atoms with Gasteiger partial charge in [0.05, 0.1) is 6.20 Å². The summed E-state index contributed by atoms with van der Waals surface area (Å²) >= 11 is 0. The third-order valence-corrected chi connectivity index (χ3v) is 5.04. The molecule has 0 saturated carbocycles. The fraction of sp³-hybridized carbons (Fsp3) is 0.529. The Kier molecular flexibility index (Phi) is 4.69. The zero-order valence-electron chi connectivity index (χ0n) is 15.6. The van der Waals surface area contributed by atoms with Crippen molar-refractivity contribution in [2.45, 2.75) is 38.8 Å². The van der Waals surface area contributed by atoms with Gasteiger partial charge in [0.2, 0.25) is 5.91 Å². The predicted octanol–water partition coefficient (Wildman–Crippen LogP) is 0.366. The summed E-state index contributed by atoms with van der Waals surface area (Å²) in [6.45, 7) is 4.27. The second-order valence-electron chi connectivity index (χ2n) is 7.00. The van der Waals surface area contributed by atoms with Crippen LogP contribution in [0.2, 0.25) is 0 Å². The van der Waals surface area contributed by atoms with Crippen molar-refractivity contribution >= 4 is 5.91 Å². The summed E-state index contributed by atoms with van der Waals surface area (Å²) < 4.78 is 5.46. The number of carbonyl (C=O) groups is 1. The lowest BCUT2D eigenvalue weighted by molar-refractivity contribution is -0.133. The molecule has 0 spiro atoms. The fourth-order valence-electron chi connectivity index (χ4n) is 3.51. The number of likely N-dealkylation sites (tertiary alicyclic amines) is 1. The minimum atomic E-state index is 0.112. The molecule has 1 fully saturated rings. The molecule has 1 aliphatic heterocycles. The first-order valence-electron chi connectivity index (χ1n) is 9.07. The van der Waals surface area contributed by atoms with Crippen molar-refractivity contribution in [2.24, 2.45) is 7.05 Å². The van der Waals surface area contributed by atoms with Crippen LogP contribution in [0, 0.1) is 6.92 Å². The molecule has 1 saturated heterocycles. The van der Waals surface area contributed by atoms with Crippen LogP contribution in [0.25, 0.3) is 0 Å². The summed E-state index contributed by atoms with van der Waals surface area (Å²) in [6.07, 6.45) is 8.61. The Balaban J connectivity index is 1.35. The number of amides is 1. The van der Waals surface area contributed by atoms with Crippen molar-refractivity contribution in [3.63, 3.8) is 0 Å². The van der Waals surface area contributed by atoms with E-state index in [9.17, 15) is 4.79 Å². The van der Waals surface area contributed by atoms with Crippen LogP contribution in [0.15, 0.2) is 25.0 Å². The summed E-state index contributed by atoms with van der Waals surface area (Å²) in [5, 5.41) is 17.0. The summed E-state index contributed by atoms with van der Waals surface area (Å²) in [6, 6.07) is 0. The van der Waals surface area contributed by atoms with Crippen molar-refractivity contribution in [1.29, 1.82) is 0 Å². The highest BCUT2D eigenvalue weighted by Gasteiger charge is 2.27. The Morgan fingerprint density at radius 1 is 1.19 bits per heavy atom. The third-order valence-electron chi connectivity index (χ3n) is 5.04. The highest BCUT2D eigenvalue weighted by Crippen LogP contribution is 2.27. The van der Waals surface area contributed by atoms with Crippen LogP contribution in [0.3, 0.4) is 0 Å². The molecule has 0 aromatic carbocycles. The van der Waals surface area contributed by atoms with E-state index in [0.717, 1.165) is 43.1 Å². The van der Waals surface area contributed by atoms with Gasteiger partial charge in [-0.25, -0.2) is 9.67 Å². The van der Waals surface area contributed by atoms with Crippen LogP contribution in [0.4, 0.5) is 0 Å². The lowest BCUT2D eigenvalue weighted by Crippen LogP contribution is -2.40. The van der Waals surface area contributed by atoms with Crippen molar-refractivity contribution < 1.29 is 4.79 Å². The number of hydrogen-bond acceptors (Lipinski definition) is 6. The quantitative estimate of drug-likeness (QED) is 0.644. The number of nitrogens with zero attached hydrogens (tertiary/aromatic N) is 9. The van der Waals surface area contributed by atoms with Crippen LogP contribution in [0.5, 0.6) is 0 Å². The molecule has 0 aliphatic carbocycles. The highest BCUT2D eigenvalue weighted by molar-refractivity contribution is 5.76. The van der Waals surface area contributed by atoms with Gasteiger partial charge in [0, 0.05) is 32.3 Å². The fourth-order valence-corrected chi connectivity index (χ4v) is 3.51.